The maximum Gasteiger partial charge on any atom is 0.239 e. The summed E-state index contributed by atoms with van der Waals surface area (Å²) in [5.41, 5.74) is 3.42. The molecule has 3 nitrogen and oxygen atoms in total. The summed E-state index contributed by atoms with van der Waals surface area (Å²) in [7, 11) is 0. The van der Waals surface area contributed by atoms with Crippen LogP contribution in [-0.4, -0.2) is 18.5 Å². The second kappa shape index (κ2) is 7.64. The first-order valence-corrected chi connectivity index (χ1v) is 7.70. The van der Waals surface area contributed by atoms with Crippen molar-refractivity contribution < 1.29 is 4.79 Å². The third-order valence-corrected chi connectivity index (χ3v) is 3.64. The number of hydrogen-bond acceptors (Lipinski definition) is 2. The number of benzene rings is 2. The highest BCUT2D eigenvalue weighted by Crippen LogP contribution is 2.17. The van der Waals surface area contributed by atoms with Crippen molar-refractivity contribution in [3.63, 3.8) is 0 Å². The van der Waals surface area contributed by atoms with Crippen LogP contribution in [0.1, 0.15) is 25.0 Å². The molecule has 0 fully saturated rings. The number of carbonyl (C=O) groups is 1. The molecule has 116 valence electrons. The third-order valence-electron chi connectivity index (χ3n) is 3.64. The summed E-state index contributed by atoms with van der Waals surface area (Å²) in [5.74, 6) is 0.0399. The van der Waals surface area contributed by atoms with E-state index in [1.165, 1.54) is 5.56 Å². The van der Waals surface area contributed by atoms with E-state index >= 15 is 0 Å². The molecule has 0 aliphatic carbocycles. The molecule has 0 bridgehead atoms. The van der Waals surface area contributed by atoms with Gasteiger partial charge in [-0.1, -0.05) is 48.0 Å². The Morgan fingerprint density at radius 2 is 1.68 bits per heavy atom. The Bertz CT molecular complexity index is 591. The highest BCUT2D eigenvalue weighted by atomic mass is 16.2. The molecule has 0 saturated carbocycles. The first-order chi connectivity index (χ1) is 10.6. The quantitative estimate of drug-likeness (QED) is 0.884. The minimum atomic E-state index is 0.0399. The van der Waals surface area contributed by atoms with Crippen molar-refractivity contribution in [3.8, 4) is 0 Å². The highest BCUT2D eigenvalue weighted by Gasteiger charge is 2.14. The SMILES string of the molecule is Cc1ccc(N(CC(=O)NCc2ccccc2)C(C)C)cc1. The number of anilines is 1. The number of amides is 1. The Balaban J connectivity index is 1.96. The molecule has 0 aliphatic heterocycles. The molecule has 0 spiro atoms. The zero-order valence-corrected chi connectivity index (χ0v) is 13.5. The van der Waals surface area contributed by atoms with Crippen LogP contribution < -0.4 is 10.2 Å². The number of nitrogens with zero attached hydrogens (tertiary/aromatic N) is 1. The minimum Gasteiger partial charge on any atom is -0.360 e. The largest absolute Gasteiger partial charge is 0.360 e. The van der Waals surface area contributed by atoms with Gasteiger partial charge in [-0.2, -0.15) is 0 Å². The normalized spacial score (nSPS) is 10.5. The fourth-order valence-electron chi connectivity index (χ4n) is 2.32. The lowest BCUT2D eigenvalue weighted by Crippen LogP contribution is -2.40. The maximum absolute atomic E-state index is 12.2. The average Bonchev–Trinajstić information content (AvgIpc) is 2.52. The molecule has 2 aromatic rings. The standard InChI is InChI=1S/C19H24N2O/c1-15(2)21(18-11-9-16(3)10-12-18)14-19(22)20-13-17-7-5-4-6-8-17/h4-12,15H,13-14H2,1-3H3,(H,20,22). The van der Waals surface area contributed by atoms with E-state index in [1.807, 2.05) is 30.3 Å². The van der Waals surface area contributed by atoms with Crippen molar-refractivity contribution in [1.29, 1.82) is 0 Å². The van der Waals surface area contributed by atoms with Gasteiger partial charge in [-0.25, -0.2) is 0 Å². The second-order valence-electron chi connectivity index (χ2n) is 5.82. The fourth-order valence-corrected chi connectivity index (χ4v) is 2.32. The Hall–Kier alpha value is -2.29. The Morgan fingerprint density at radius 1 is 1.05 bits per heavy atom. The fraction of sp³-hybridized carbons (Fsp3) is 0.316. The zero-order valence-electron chi connectivity index (χ0n) is 13.5. The van der Waals surface area contributed by atoms with E-state index in [1.54, 1.807) is 0 Å². The monoisotopic (exact) mass is 296 g/mol. The molecule has 0 saturated heterocycles. The number of carbonyl (C=O) groups excluding carboxylic acids is 1. The van der Waals surface area contributed by atoms with Gasteiger partial charge in [0.1, 0.15) is 0 Å². The lowest BCUT2D eigenvalue weighted by atomic mass is 10.2. The van der Waals surface area contributed by atoms with Gasteiger partial charge in [0.25, 0.3) is 0 Å². The van der Waals surface area contributed by atoms with Crippen molar-refractivity contribution in [3.05, 3.63) is 65.7 Å². The molecule has 0 radical (unpaired) electrons. The van der Waals surface area contributed by atoms with Crippen LogP contribution in [0.4, 0.5) is 5.69 Å². The predicted octanol–water partition coefficient (Wildman–Crippen LogP) is 3.53. The van der Waals surface area contributed by atoms with Crippen LogP contribution >= 0.6 is 0 Å². The van der Waals surface area contributed by atoms with Crippen LogP contribution in [0.15, 0.2) is 54.6 Å². The predicted molar refractivity (Wildman–Crippen MR) is 91.9 cm³/mol. The molecule has 1 amide bonds. The van der Waals surface area contributed by atoms with E-state index in [4.69, 9.17) is 0 Å². The summed E-state index contributed by atoms with van der Waals surface area (Å²) in [6, 6.07) is 18.5. The van der Waals surface area contributed by atoms with Crippen LogP contribution in [0.3, 0.4) is 0 Å². The van der Waals surface area contributed by atoms with Gasteiger partial charge in [-0.15, -0.1) is 0 Å². The van der Waals surface area contributed by atoms with Gasteiger partial charge in [0.2, 0.25) is 5.91 Å². The number of nitrogens with one attached hydrogen (secondary N) is 1. The van der Waals surface area contributed by atoms with Crippen LogP contribution in [0.2, 0.25) is 0 Å². The molecule has 2 rings (SSSR count). The Labute approximate surface area is 133 Å². The Kier molecular flexibility index (Phi) is 5.59. The minimum absolute atomic E-state index is 0.0399. The van der Waals surface area contributed by atoms with Crippen molar-refractivity contribution in [1.82, 2.24) is 5.32 Å². The van der Waals surface area contributed by atoms with Crippen molar-refractivity contribution >= 4 is 11.6 Å². The molecule has 0 heterocycles. The summed E-state index contributed by atoms with van der Waals surface area (Å²) in [6.07, 6.45) is 0. The molecule has 0 atom stereocenters. The zero-order chi connectivity index (χ0) is 15.9. The second-order valence-corrected chi connectivity index (χ2v) is 5.82. The summed E-state index contributed by atoms with van der Waals surface area (Å²) in [4.78, 5) is 14.3. The van der Waals surface area contributed by atoms with Crippen LogP contribution in [-0.2, 0) is 11.3 Å². The van der Waals surface area contributed by atoms with Gasteiger partial charge in [0, 0.05) is 18.3 Å². The van der Waals surface area contributed by atoms with Crippen LogP contribution in [0.25, 0.3) is 0 Å². The molecule has 22 heavy (non-hydrogen) atoms. The van der Waals surface area contributed by atoms with E-state index in [0.717, 1.165) is 11.3 Å². The van der Waals surface area contributed by atoms with Gasteiger partial charge >= 0.3 is 0 Å². The number of aryl methyl sites for hydroxylation is 1. The molecule has 2 aromatic carbocycles. The molecular formula is C19H24N2O. The van der Waals surface area contributed by atoms with Gasteiger partial charge in [0.15, 0.2) is 0 Å². The summed E-state index contributed by atoms with van der Waals surface area (Å²) in [5, 5.41) is 2.98. The smallest absolute Gasteiger partial charge is 0.239 e. The first-order valence-electron chi connectivity index (χ1n) is 7.70. The highest BCUT2D eigenvalue weighted by molar-refractivity contribution is 5.81. The number of hydrogen-bond donors (Lipinski definition) is 1. The third kappa shape index (κ3) is 4.62. The van der Waals surface area contributed by atoms with Crippen LogP contribution in [0, 0.1) is 6.92 Å². The molecule has 0 aromatic heterocycles. The van der Waals surface area contributed by atoms with Gasteiger partial charge in [0.05, 0.1) is 6.54 Å². The topological polar surface area (TPSA) is 32.3 Å². The van der Waals surface area contributed by atoms with Crippen molar-refractivity contribution in [2.24, 2.45) is 0 Å². The number of rotatable bonds is 6. The van der Waals surface area contributed by atoms with Gasteiger partial charge in [-0.3, -0.25) is 4.79 Å². The molecular weight excluding hydrogens is 272 g/mol. The lowest BCUT2D eigenvalue weighted by molar-refractivity contribution is -0.120. The van der Waals surface area contributed by atoms with Gasteiger partial charge < -0.3 is 10.2 Å². The summed E-state index contributed by atoms with van der Waals surface area (Å²) < 4.78 is 0. The molecule has 1 N–H and O–H groups in total. The molecule has 3 heteroatoms. The maximum atomic E-state index is 12.2. The van der Waals surface area contributed by atoms with Crippen molar-refractivity contribution in [2.75, 3.05) is 11.4 Å². The lowest BCUT2D eigenvalue weighted by Gasteiger charge is -2.28. The Morgan fingerprint density at radius 3 is 2.27 bits per heavy atom. The van der Waals surface area contributed by atoms with E-state index in [-0.39, 0.29) is 11.9 Å². The van der Waals surface area contributed by atoms with E-state index in [9.17, 15) is 4.79 Å². The van der Waals surface area contributed by atoms with E-state index < -0.39 is 0 Å². The van der Waals surface area contributed by atoms with Crippen molar-refractivity contribution in [2.45, 2.75) is 33.4 Å². The molecule has 0 aliphatic rings. The first kappa shape index (κ1) is 16.1. The van der Waals surface area contributed by atoms with E-state index in [0.29, 0.717) is 13.1 Å². The van der Waals surface area contributed by atoms with Crippen LogP contribution in [0.5, 0.6) is 0 Å². The average molecular weight is 296 g/mol. The summed E-state index contributed by atoms with van der Waals surface area (Å²) >= 11 is 0. The van der Waals surface area contributed by atoms with Gasteiger partial charge in [-0.05, 0) is 38.5 Å². The van der Waals surface area contributed by atoms with E-state index in [2.05, 4.69) is 55.3 Å². The summed E-state index contributed by atoms with van der Waals surface area (Å²) in [6.45, 7) is 7.21. The molecule has 0 unspecified atom stereocenters.